The molecule has 0 saturated heterocycles. The molecule has 0 aliphatic heterocycles. The molecule has 0 saturated carbocycles. The Hall–Kier alpha value is -2.63. The van der Waals surface area contributed by atoms with Crippen LogP contribution in [0.5, 0.6) is 0 Å². The average Bonchev–Trinajstić information content (AvgIpc) is 3.42. The van der Waals surface area contributed by atoms with Gasteiger partial charge in [-0.05, 0) is 89.9 Å². The number of unbranched alkanes of at least 4 members (excludes halogenated alkanes) is 43. The Morgan fingerprint density at radius 2 is 0.487 bits per heavy atom. The van der Waals surface area contributed by atoms with Crippen molar-refractivity contribution in [1.82, 2.24) is 0 Å². The monoisotopic (exact) mass is 1060 g/mol. The van der Waals surface area contributed by atoms with Crippen molar-refractivity contribution in [2.24, 2.45) is 0 Å². The predicted octanol–water partition coefficient (Wildman–Crippen LogP) is 22.9. The summed E-state index contributed by atoms with van der Waals surface area (Å²) in [6.07, 6.45) is 81.6. The van der Waals surface area contributed by atoms with Crippen LogP contribution in [0.15, 0.2) is 48.6 Å². The van der Waals surface area contributed by atoms with Gasteiger partial charge in [0.2, 0.25) is 0 Å². The zero-order valence-corrected chi connectivity index (χ0v) is 51.0. The van der Waals surface area contributed by atoms with Gasteiger partial charge >= 0.3 is 17.9 Å². The maximum Gasteiger partial charge on any atom is 0.306 e. The molecule has 0 radical (unpaired) electrons. The number of esters is 3. The molecule has 0 spiro atoms. The van der Waals surface area contributed by atoms with E-state index in [0.29, 0.717) is 19.3 Å². The summed E-state index contributed by atoms with van der Waals surface area (Å²) < 4.78 is 16.9. The third-order valence-electron chi connectivity index (χ3n) is 15.0. The van der Waals surface area contributed by atoms with Gasteiger partial charge in [-0.1, -0.05) is 301 Å². The molecule has 6 nitrogen and oxygen atoms in total. The molecule has 0 aliphatic carbocycles. The van der Waals surface area contributed by atoms with E-state index in [0.717, 1.165) is 89.9 Å². The van der Waals surface area contributed by atoms with Gasteiger partial charge in [0.1, 0.15) is 13.2 Å². The number of hydrogen-bond donors (Lipinski definition) is 0. The van der Waals surface area contributed by atoms with Crippen LogP contribution >= 0.6 is 0 Å². The highest BCUT2D eigenvalue weighted by Crippen LogP contribution is 2.18. The Morgan fingerprint density at radius 1 is 0.263 bits per heavy atom. The summed E-state index contributed by atoms with van der Waals surface area (Å²) in [7, 11) is 0. The van der Waals surface area contributed by atoms with Gasteiger partial charge in [0.15, 0.2) is 6.10 Å². The van der Waals surface area contributed by atoms with Gasteiger partial charge in [-0.3, -0.25) is 14.4 Å². The lowest BCUT2D eigenvalue weighted by Crippen LogP contribution is -2.30. The van der Waals surface area contributed by atoms with Crippen LogP contribution < -0.4 is 0 Å². The van der Waals surface area contributed by atoms with Crippen LogP contribution in [0, 0.1) is 0 Å². The molecule has 0 aromatic carbocycles. The third kappa shape index (κ3) is 62.2. The highest BCUT2D eigenvalue weighted by molar-refractivity contribution is 5.71. The molecular formula is C70H128O6. The topological polar surface area (TPSA) is 78.9 Å². The van der Waals surface area contributed by atoms with E-state index in [9.17, 15) is 14.4 Å². The van der Waals surface area contributed by atoms with Crippen molar-refractivity contribution >= 4 is 17.9 Å². The molecule has 0 aromatic heterocycles. The molecule has 76 heavy (non-hydrogen) atoms. The summed E-state index contributed by atoms with van der Waals surface area (Å²) in [6, 6.07) is 0. The maximum absolute atomic E-state index is 12.8. The number of allylic oxidation sites excluding steroid dienone is 8. The van der Waals surface area contributed by atoms with Crippen molar-refractivity contribution in [2.75, 3.05) is 13.2 Å². The van der Waals surface area contributed by atoms with Gasteiger partial charge in [0, 0.05) is 19.3 Å². The van der Waals surface area contributed by atoms with E-state index in [2.05, 4.69) is 69.4 Å². The van der Waals surface area contributed by atoms with Crippen molar-refractivity contribution in [3.63, 3.8) is 0 Å². The summed E-state index contributed by atoms with van der Waals surface area (Å²) in [5.41, 5.74) is 0. The van der Waals surface area contributed by atoms with Crippen molar-refractivity contribution in [2.45, 2.75) is 367 Å². The van der Waals surface area contributed by atoms with Crippen molar-refractivity contribution in [3.05, 3.63) is 48.6 Å². The molecule has 0 aromatic rings. The molecule has 6 heteroatoms. The first-order valence-corrected chi connectivity index (χ1v) is 33.6. The predicted molar refractivity (Wildman–Crippen MR) is 330 cm³/mol. The van der Waals surface area contributed by atoms with Crippen LogP contribution in [0.25, 0.3) is 0 Å². The van der Waals surface area contributed by atoms with Crippen LogP contribution in [-0.4, -0.2) is 37.2 Å². The van der Waals surface area contributed by atoms with Gasteiger partial charge < -0.3 is 14.2 Å². The molecule has 0 bridgehead atoms. The summed E-state index contributed by atoms with van der Waals surface area (Å²) in [6.45, 7) is 6.58. The van der Waals surface area contributed by atoms with Gasteiger partial charge in [0.25, 0.3) is 0 Å². The first-order chi connectivity index (χ1) is 37.5. The molecule has 0 N–H and O–H groups in total. The zero-order valence-electron chi connectivity index (χ0n) is 51.0. The van der Waals surface area contributed by atoms with Crippen LogP contribution in [0.3, 0.4) is 0 Å². The Labute approximate surface area is 473 Å². The zero-order chi connectivity index (χ0) is 55.0. The standard InChI is InChI=1S/C70H128O6/c1-4-7-10-13-16-19-22-24-26-27-28-29-30-31-32-33-34-35-36-37-38-39-40-41-42-43-44-46-48-51-54-57-60-63-69(72)75-66-67(65-74-68(71)62-59-56-53-50-47-21-18-15-12-9-6-3)76-70(73)64-61-58-55-52-49-45-25-23-20-17-14-11-8-5-2/h14-15,17-18,23,25,27-28,67H,4-13,16,19-22,24,26,29-66H2,1-3H3/b17-14-,18-15-,25-23-,28-27-. The lowest BCUT2D eigenvalue weighted by Gasteiger charge is -2.18. The minimum absolute atomic E-state index is 0.0783. The Morgan fingerprint density at radius 3 is 0.776 bits per heavy atom. The Bertz CT molecular complexity index is 1310. The van der Waals surface area contributed by atoms with Gasteiger partial charge in [-0.2, -0.15) is 0 Å². The smallest absolute Gasteiger partial charge is 0.306 e. The molecule has 1 atom stereocenters. The van der Waals surface area contributed by atoms with Gasteiger partial charge in [-0.15, -0.1) is 0 Å². The summed E-state index contributed by atoms with van der Waals surface area (Å²) >= 11 is 0. The molecule has 0 heterocycles. The molecule has 0 aliphatic rings. The highest BCUT2D eigenvalue weighted by atomic mass is 16.6. The molecule has 0 rings (SSSR count). The van der Waals surface area contributed by atoms with Crippen molar-refractivity contribution in [1.29, 1.82) is 0 Å². The summed E-state index contributed by atoms with van der Waals surface area (Å²) in [5, 5.41) is 0. The Kier molecular flexibility index (Phi) is 62.6. The molecule has 0 fully saturated rings. The molecule has 444 valence electrons. The lowest BCUT2D eigenvalue weighted by molar-refractivity contribution is -0.167. The number of carbonyl (C=O) groups excluding carboxylic acids is 3. The Balaban J connectivity index is 4.04. The summed E-state index contributed by atoms with van der Waals surface area (Å²) in [5.74, 6) is -0.886. The van der Waals surface area contributed by atoms with Crippen LogP contribution in [-0.2, 0) is 28.6 Å². The van der Waals surface area contributed by atoms with Crippen molar-refractivity contribution < 1.29 is 28.6 Å². The lowest BCUT2D eigenvalue weighted by atomic mass is 10.0. The van der Waals surface area contributed by atoms with E-state index in [4.69, 9.17) is 14.2 Å². The van der Waals surface area contributed by atoms with Gasteiger partial charge in [-0.25, -0.2) is 0 Å². The van der Waals surface area contributed by atoms with E-state index in [1.165, 1.54) is 231 Å². The number of ether oxygens (including phenoxy) is 3. The van der Waals surface area contributed by atoms with E-state index >= 15 is 0 Å². The molecule has 1 unspecified atom stereocenters. The largest absolute Gasteiger partial charge is 0.462 e. The fourth-order valence-electron chi connectivity index (χ4n) is 9.91. The van der Waals surface area contributed by atoms with Crippen molar-refractivity contribution in [3.8, 4) is 0 Å². The second-order valence-electron chi connectivity index (χ2n) is 22.7. The SMILES string of the molecule is CCCC/C=C\C/C=C\CCCCCCCC(=O)OC(COC(=O)CCCCCCC/C=C\CCCC)COC(=O)CCCCCCCCCCCCCCCCCCCCCCC/C=C\CCCCCCCCCC. The molecule has 0 amide bonds. The second kappa shape index (κ2) is 64.9. The fourth-order valence-corrected chi connectivity index (χ4v) is 9.91. The van der Waals surface area contributed by atoms with E-state index in [-0.39, 0.29) is 31.1 Å². The average molecular weight is 1070 g/mol. The summed E-state index contributed by atoms with van der Waals surface area (Å²) in [4.78, 5) is 38.2. The van der Waals surface area contributed by atoms with E-state index in [1.807, 2.05) is 0 Å². The first-order valence-electron chi connectivity index (χ1n) is 33.6. The maximum atomic E-state index is 12.8. The van der Waals surface area contributed by atoms with Crippen LogP contribution in [0.4, 0.5) is 0 Å². The number of hydrogen-bond acceptors (Lipinski definition) is 6. The number of carbonyl (C=O) groups is 3. The quantitative estimate of drug-likeness (QED) is 0.0261. The molecular weight excluding hydrogens is 937 g/mol. The third-order valence-corrected chi connectivity index (χ3v) is 15.0. The first kappa shape index (κ1) is 73.4. The van der Waals surface area contributed by atoms with E-state index < -0.39 is 6.10 Å². The van der Waals surface area contributed by atoms with Gasteiger partial charge in [0.05, 0.1) is 0 Å². The van der Waals surface area contributed by atoms with E-state index in [1.54, 1.807) is 0 Å². The highest BCUT2D eigenvalue weighted by Gasteiger charge is 2.19. The van der Waals surface area contributed by atoms with Crippen LogP contribution in [0.1, 0.15) is 361 Å². The second-order valence-corrected chi connectivity index (χ2v) is 22.7. The minimum Gasteiger partial charge on any atom is -0.462 e. The number of rotatable bonds is 62. The fraction of sp³-hybridized carbons (Fsp3) is 0.843. The van der Waals surface area contributed by atoms with Crippen LogP contribution in [0.2, 0.25) is 0 Å². The minimum atomic E-state index is -0.782. The normalized spacial score (nSPS) is 12.3.